The van der Waals surface area contributed by atoms with Crippen LogP contribution in [0.25, 0.3) is 11.1 Å². The van der Waals surface area contributed by atoms with Crippen molar-refractivity contribution < 1.29 is 0 Å². The van der Waals surface area contributed by atoms with Crippen molar-refractivity contribution >= 4 is 23.5 Å². The molecule has 2 aromatic carbocycles. The number of rotatable bonds is 4. The minimum Gasteiger partial charge on any atom is -0.275 e. The number of H-pyrrole nitrogens is 1. The Bertz CT molecular complexity index is 873. The third-order valence-corrected chi connectivity index (χ3v) is 3.59. The molecule has 0 saturated carbocycles. The van der Waals surface area contributed by atoms with Crippen molar-refractivity contribution in [2.24, 2.45) is 5.10 Å². The van der Waals surface area contributed by atoms with Crippen LogP contribution in [0.2, 0.25) is 5.02 Å². The van der Waals surface area contributed by atoms with Crippen LogP contribution in [0, 0.1) is 0 Å². The molecular weight excluding hydrogens is 312 g/mol. The summed E-state index contributed by atoms with van der Waals surface area (Å²) >= 11 is 5.84. The molecule has 0 atom stereocenters. The van der Waals surface area contributed by atoms with E-state index in [0.29, 0.717) is 5.69 Å². The van der Waals surface area contributed by atoms with E-state index in [4.69, 9.17) is 11.6 Å². The Kier molecular flexibility index (Phi) is 4.49. The lowest BCUT2D eigenvalue weighted by Gasteiger charge is -2.02. The van der Waals surface area contributed by atoms with Crippen LogP contribution in [0.1, 0.15) is 5.56 Å². The fraction of sp³-hybridized carbons (Fsp3) is 0. The van der Waals surface area contributed by atoms with Gasteiger partial charge < -0.3 is 0 Å². The van der Waals surface area contributed by atoms with Crippen molar-refractivity contribution in [3.05, 3.63) is 81.7 Å². The topological polar surface area (TPSA) is 70.1 Å². The van der Waals surface area contributed by atoms with Gasteiger partial charge in [0.2, 0.25) is 0 Å². The fourth-order valence-corrected chi connectivity index (χ4v) is 2.16. The van der Waals surface area contributed by atoms with Gasteiger partial charge in [-0.1, -0.05) is 66.2 Å². The molecule has 1 heterocycles. The van der Waals surface area contributed by atoms with Crippen molar-refractivity contribution in [1.29, 1.82) is 0 Å². The smallest absolute Gasteiger partial charge is 0.275 e. The van der Waals surface area contributed by atoms with Crippen LogP contribution in [0.4, 0.5) is 5.69 Å². The average molecular weight is 325 g/mol. The van der Waals surface area contributed by atoms with E-state index < -0.39 is 5.56 Å². The average Bonchev–Trinajstić information content (AvgIpc) is 2.60. The van der Waals surface area contributed by atoms with Crippen LogP contribution in [0.15, 0.2) is 70.7 Å². The molecule has 0 radical (unpaired) electrons. The molecule has 6 heteroatoms. The maximum absolute atomic E-state index is 11.3. The summed E-state index contributed by atoms with van der Waals surface area (Å²) in [5.41, 5.74) is 5.82. The molecule has 2 N–H and O–H groups in total. The van der Waals surface area contributed by atoms with E-state index in [1.807, 2.05) is 42.5 Å². The maximum Gasteiger partial charge on any atom is 0.285 e. The second kappa shape index (κ2) is 6.89. The highest BCUT2D eigenvalue weighted by Gasteiger charge is 2.02. The molecule has 5 nitrogen and oxygen atoms in total. The van der Waals surface area contributed by atoms with E-state index in [9.17, 15) is 4.79 Å². The van der Waals surface area contributed by atoms with E-state index in [-0.39, 0.29) is 5.02 Å². The standard InChI is InChI=1S/C17H13ClN4O/c18-16-15(11-20-22-17(16)23)21-19-10-12-6-8-14(9-7-12)13-4-2-1-3-5-13/h1-11H,(H2,21,22,23)/b19-10-. The molecule has 0 bridgehead atoms. The molecule has 114 valence electrons. The molecule has 0 spiro atoms. The molecule has 0 saturated heterocycles. The number of hydrogen-bond donors (Lipinski definition) is 2. The molecule has 0 aliphatic rings. The van der Waals surface area contributed by atoms with Gasteiger partial charge in [-0.05, 0) is 16.7 Å². The summed E-state index contributed by atoms with van der Waals surface area (Å²) in [4.78, 5) is 11.3. The van der Waals surface area contributed by atoms with Gasteiger partial charge in [-0.15, -0.1) is 0 Å². The second-order valence-electron chi connectivity index (χ2n) is 4.78. The zero-order valence-corrected chi connectivity index (χ0v) is 12.8. The fourth-order valence-electron chi connectivity index (χ4n) is 2.03. The first-order chi connectivity index (χ1) is 11.2. The summed E-state index contributed by atoms with van der Waals surface area (Å²) in [5, 5.41) is 9.99. The zero-order chi connectivity index (χ0) is 16.1. The lowest BCUT2D eigenvalue weighted by molar-refractivity contribution is 0.987. The number of nitrogens with zero attached hydrogens (tertiary/aromatic N) is 2. The highest BCUT2D eigenvalue weighted by Crippen LogP contribution is 2.19. The first kappa shape index (κ1) is 15.0. The van der Waals surface area contributed by atoms with Gasteiger partial charge in [0, 0.05) is 0 Å². The van der Waals surface area contributed by atoms with Gasteiger partial charge in [-0.25, -0.2) is 5.10 Å². The normalized spacial score (nSPS) is 10.8. The largest absolute Gasteiger partial charge is 0.285 e. The quantitative estimate of drug-likeness (QED) is 0.569. The number of aromatic amines is 1. The van der Waals surface area contributed by atoms with Crippen LogP contribution < -0.4 is 11.0 Å². The van der Waals surface area contributed by atoms with E-state index in [0.717, 1.165) is 16.7 Å². The lowest BCUT2D eigenvalue weighted by atomic mass is 10.0. The Balaban J connectivity index is 1.71. The third-order valence-electron chi connectivity index (χ3n) is 3.21. The number of benzene rings is 2. The minimum absolute atomic E-state index is 0.0246. The van der Waals surface area contributed by atoms with Crippen molar-refractivity contribution in [2.75, 3.05) is 5.43 Å². The predicted molar refractivity (Wildman–Crippen MR) is 93.0 cm³/mol. The highest BCUT2D eigenvalue weighted by atomic mass is 35.5. The molecule has 0 aliphatic heterocycles. The van der Waals surface area contributed by atoms with Gasteiger partial charge >= 0.3 is 0 Å². The van der Waals surface area contributed by atoms with Gasteiger partial charge in [-0.2, -0.15) is 10.2 Å². The van der Waals surface area contributed by atoms with Crippen molar-refractivity contribution in [2.45, 2.75) is 0 Å². The molecule has 0 fully saturated rings. The summed E-state index contributed by atoms with van der Waals surface area (Å²) in [6, 6.07) is 18.1. The van der Waals surface area contributed by atoms with Crippen molar-refractivity contribution in [1.82, 2.24) is 10.2 Å². The van der Waals surface area contributed by atoms with Gasteiger partial charge in [0.15, 0.2) is 0 Å². The number of hydrogen-bond acceptors (Lipinski definition) is 4. The molecule has 0 unspecified atom stereocenters. The predicted octanol–water partition coefficient (Wildman–Crippen LogP) is 3.54. The number of aromatic nitrogens is 2. The third kappa shape index (κ3) is 3.64. The van der Waals surface area contributed by atoms with Gasteiger partial charge in [0.05, 0.1) is 12.4 Å². The first-order valence-electron chi connectivity index (χ1n) is 6.92. The highest BCUT2D eigenvalue weighted by molar-refractivity contribution is 6.32. The van der Waals surface area contributed by atoms with Crippen molar-refractivity contribution in [3.8, 4) is 11.1 Å². The Labute approximate surface area is 137 Å². The van der Waals surface area contributed by atoms with E-state index in [1.54, 1.807) is 6.21 Å². The van der Waals surface area contributed by atoms with Crippen LogP contribution in [-0.4, -0.2) is 16.4 Å². The van der Waals surface area contributed by atoms with Crippen LogP contribution in [0.5, 0.6) is 0 Å². The lowest BCUT2D eigenvalue weighted by Crippen LogP contribution is -2.10. The molecule has 0 amide bonds. The maximum atomic E-state index is 11.3. The molecular formula is C17H13ClN4O. The summed E-state index contributed by atoms with van der Waals surface area (Å²) in [5.74, 6) is 0. The summed E-state index contributed by atoms with van der Waals surface area (Å²) in [7, 11) is 0. The van der Waals surface area contributed by atoms with E-state index in [2.05, 4.69) is 32.9 Å². The van der Waals surface area contributed by atoms with E-state index >= 15 is 0 Å². The summed E-state index contributed by atoms with van der Waals surface area (Å²) in [6.07, 6.45) is 3.05. The van der Waals surface area contributed by atoms with Crippen LogP contribution in [0.3, 0.4) is 0 Å². The zero-order valence-electron chi connectivity index (χ0n) is 12.0. The Morgan fingerprint density at radius 3 is 2.48 bits per heavy atom. The molecule has 3 rings (SSSR count). The summed E-state index contributed by atoms with van der Waals surface area (Å²) < 4.78 is 0. The number of hydrazone groups is 1. The van der Waals surface area contributed by atoms with Crippen LogP contribution in [-0.2, 0) is 0 Å². The van der Waals surface area contributed by atoms with Crippen molar-refractivity contribution in [3.63, 3.8) is 0 Å². The Morgan fingerprint density at radius 1 is 1.04 bits per heavy atom. The van der Waals surface area contributed by atoms with Crippen LogP contribution >= 0.6 is 11.6 Å². The minimum atomic E-state index is -0.459. The monoisotopic (exact) mass is 324 g/mol. The second-order valence-corrected chi connectivity index (χ2v) is 5.16. The molecule has 1 aromatic heterocycles. The summed E-state index contributed by atoms with van der Waals surface area (Å²) in [6.45, 7) is 0. The Hall–Kier alpha value is -2.92. The molecule has 3 aromatic rings. The van der Waals surface area contributed by atoms with Gasteiger partial charge in [0.25, 0.3) is 5.56 Å². The number of anilines is 1. The van der Waals surface area contributed by atoms with E-state index in [1.165, 1.54) is 6.20 Å². The number of halogens is 1. The SMILES string of the molecule is O=c1[nH]ncc(N/N=C\c2ccc(-c3ccccc3)cc2)c1Cl. The van der Waals surface area contributed by atoms with Gasteiger partial charge in [0.1, 0.15) is 10.7 Å². The molecule has 23 heavy (non-hydrogen) atoms. The molecule has 0 aliphatic carbocycles. The first-order valence-corrected chi connectivity index (χ1v) is 7.29. The number of nitrogens with one attached hydrogen (secondary N) is 2. The van der Waals surface area contributed by atoms with Gasteiger partial charge in [-0.3, -0.25) is 10.2 Å². The Morgan fingerprint density at radius 2 is 1.74 bits per heavy atom.